The third-order valence-electron chi connectivity index (χ3n) is 5.25. The van der Waals surface area contributed by atoms with E-state index in [1.54, 1.807) is 0 Å². The van der Waals surface area contributed by atoms with Gasteiger partial charge in [-0.15, -0.1) is 0 Å². The lowest BCUT2D eigenvalue weighted by Gasteiger charge is -2.16. The molecule has 1 aromatic heterocycles. The molecule has 6 nitrogen and oxygen atoms in total. The van der Waals surface area contributed by atoms with Crippen LogP contribution < -0.4 is 10.5 Å². The van der Waals surface area contributed by atoms with Crippen LogP contribution in [0.5, 0.6) is 0 Å². The maximum Gasteiger partial charge on any atom is 0.277 e. The lowest BCUT2D eigenvalue weighted by molar-refractivity contribution is 0.704. The molecule has 3 rings (SSSR count). The third-order valence-corrected chi connectivity index (χ3v) is 5.25. The molecule has 0 unspecified atom stereocenters. The summed E-state index contributed by atoms with van der Waals surface area (Å²) in [6.07, 6.45) is 1.61. The molecule has 0 bridgehead atoms. The summed E-state index contributed by atoms with van der Waals surface area (Å²) in [7, 11) is 4.06. The van der Waals surface area contributed by atoms with Gasteiger partial charge in [-0.05, 0) is 56.4 Å². The van der Waals surface area contributed by atoms with Gasteiger partial charge in [-0.2, -0.15) is 9.78 Å². The molecule has 0 amide bonds. The van der Waals surface area contributed by atoms with Gasteiger partial charge in [0.2, 0.25) is 0 Å². The minimum Gasteiger partial charge on any atom is -0.378 e. The smallest absolute Gasteiger partial charge is 0.277 e. The van der Waals surface area contributed by atoms with E-state index < -0.39 is 0 Å². The summed E-state index contributed by atoms with van der Waals surface area (Å²) in [5.74, 6) is 0.715. The lowest BCUT2D eigenvalue weighted by atomic mass is 10.0. The Labute approximate surface area is 173 Å². The zero-order valence-electron chi connectivity index (χ0n) is 18.8. The van der Waals surface area contributed by atoms with Crippen LogP contribution in [0.3, 0.4) is 0 Å². The van der Waals surface area contributed by atoms with E-state index in [9.17, 15) is 4.79 Å². The zero-order valence-corrected chi connectivity index (χ0v) is 18.8. The Morgan fingerprint density at radius 3 is 2.28 bits per heavy atom. The summed E-state index contributed by atoms with van der Waals surface area (Å²) < 4.78 is 1.43. The first-order chi connectivity index (χ1) is 13.6. The Bertz CT molecular complexity index is 1050. The summed E-state index contributed by atoms with van der Waals surface area (Å²) in [4.78, 5) is 25.0. The van der Waals surface area contributed by atoms with Gasteiger partial charge in [0.25, 0.3) is 5.56 Å². The number of rotatable bonds is 5. The molecular formula is C23H31N5O. The van der Waals surface area contributed by atoms with Crippen LogP contribution in [0.2, 0.25) is 0 Å². The topological polar surface area (TPSA) is 62.9 Å². The van der Waals surface area contributed by atoms with Crippen molar-refractivity contribution in [3.8, 4) is 0 Å². The minimum atomic E-state index is -0.0681. The first-order valence-electron chi connectivity index (χ1n) is 10.2. The second-order valence-electron chi connectivity index (χ2n) is 8.29. The predicted octanol–water partition coefficient (Wildman–Crippen LogP) is 4.36. The largest absolute Gasteiger partial charge is 0.378 e. The van der Waals surface area contributed by atoms with Crippen LogP contribution in [0.25, 0.3) is 0 Å². The van der Waals surface area contributed by atoms with Crippen molar-refractivity contribution in [3.05, 3.63) is 50.7 Å². The average Bonchev–Trinajstić information content (AvgIpc) is 2.95. The van der Waals surface area contributed by atoms with E-state index in [1.165, 1.54) is 4.68 Å². The summed E-state index contributed by atoms with van der Waals surface area (Å²) >= 11 is 0. The Balaban J connectivity index is 2.22. The molecule has 6 heteroatoms. The van der Waals surface area contributed by atoms with Crippen LogP contribution in [-0.2, 0) is 6.42 Å². The maximum absolute atomic E-state index is 13.1. The summed E-state index contributed by atoms with van der Waals surface area (Å²) in [5.41, 5.74) is 7.17. The van der Waals surface area contributed by atoms with E-state index in [2.05, 4.69) is 56.8 Å². The van der Waals surface area contributed by atoms with Gasteiger partial charge < -0.3 is 4.90 Å². The molecule has 154 valence electrons. The summed E-state index contributed by atoms with van der Waals surface area (Å²) in [6, 6.07) is 4.25. The molecule has 2 heterocycles. The number of hydrogen-bond donors (Lipinski definition) is 0. The van der Waals surface area contributed by atoms with Crippen LogP contribution in [0, 0.1) is 13.8 Å². The van der Waals surface area contributed by atoms with Gasteiger partial charge in [-0.25, -0.2) is 9.98 Å². The van der Waals surface area contributed by atoms with E-state index in [-0.39, 0.29) is 11.5 Å². The van der Waals surface area contributed by atoms with E-state index in [0.29, 0.717) is 23.7 Å². The van der Waals surface area contributed by atoms with E-state index in [1.807, 2.05) is 21.0 Å². The zero-order chi connectivity index (χ0) is 21.5. The van der Waals surface area contributed by atoms with Crippen molar-refractivity contribution in [1.82, 2.24) is 9.66 Å². The van der Waals surface area contributed by atoms with Crippen molar-refractivity contribution in [1.29, 1.82) is 0 Å². The van der Waals surface area contributed by atoms with Gasteiger partial charge in [-0.1, -0.05) is 27.2 Å². The molecule has 0 aliphatic carbocycles. The minimum absolute atomic E-state index is 0.0681. The maximum atomic E-state index is 13.1. The van der Waals surface area contributed by atoms with E-state index in [0.717, 1.165) is 40.2 Å². The lowest BCUT2D eigenvalue weighted by Crippen LogP contribution is -2.27. The average molecular weight is 394 g/mol. The quantitative estimate of drug-likeness (QED) is 0.758. The molecule has 0 saturated carbocycles. The third kappa shape index (κ3) is 3.76. The number of aliphatic imine (C=N–C) groups is 1. The fourth-order valence-electron chi connectivity index (χ4n) is 3.74. The van der Waals surface area contributed by atoms with Crippen LogP contribution in [0.1, 0.15) is 68.2 Å². The highest BCUT2D eigenvalue weighted by Gasteiger charge is 2.27. The number of nitrogens with zero attached hydrogens (tertiary/aromatic N) is 5. The highest BCUT2D eigenvalue weighted by atomic mass is 16.1. The van der Waals surface area contributed by atoms with Crippen LogP contribution in [0.15, 0.2) is 27.0 Å². The molecular weight excluding hydrogens is 362 g/mol. The number of benzene rings is 1. The normalized spacial score (nSPS) is 14.5. The molecule has 1 aliphatic heterocycles. The number of aromatic nitrogens is 2. The van der Waals surface area contributed by atoms with Crippen molar-refractivity contribution >= 4 is 22.8 Å². The Hall–Kier alpha value is -2.76. The number of aryl methyl sites for hydroxylation is 2. The summed E-state index contributed by atoms with van der Waals surface area (Å²) in [5, 5.41) is 4.50. The van der Waals surface area contributed by atoms with Gasteiger partial charge >= 0.3 is 0 Å². The molecule has 0 spiro atoms. The van der Waals surface area contributed by atoms with Gasteiger partial charge in [0.05, 0.1) is 17.1 Å². The SMILES string of the molecule is CCCc1c(C(C)C)nc2n(c1=O)N=C(C)C2=Nc1c(C)cc(N(C)C)cc1C. The van der Waals surface area contributed by atoms with Crippen LogP contribution >= 0.6 is 0 Å². The van der Waals surface area contributed by atoms with Gasteiger partial charge in [0.1, 0.15) is 5.71 Å². The van der Waals surface area contributed by atoms with E-state index in [4.69, 9.17) is 9.98 Å². The van der Waals surface area contributed by atoms with Crippen molar-refractivity contribution in [2.45, 2.75) is 60.3 Å². The second kappa shape index (κ2) is 7.93. The molecule has 2 aromatic rings. The number of hydrogen-bond acceptors (Lipinski definition) is 5. The van der Waals surface area contributed by atoms with Crippen molar-refractivity contribution in [3.63, 3.8) is 0 Å². The van der Waals surface area contributed by atoms with Crippen molar-refractivity contribution in [2.24, 2.45) is 10.1 Å². The highest BCUT2D eigenvalue weighted by molar-refractivity contribution is 6.48. The highest BCUT2D eigenvalue weighted by Crippen LogP contribution is 2.30. The van der Waals surface area contributed by atoms with Crippen LogP contribution in [-0.4, -0.2) is 35.2 Å². The molecule has 0 atom stereocenters. The Morgan fingerprint density at radius 2 is 1.76 bits per heavy atom. The number of anilines is 1. The molecule has 0 fully saturated rings. The van der Waals surface area contributed by atoms with Crippen molar-refractivity contribution in [2.75, 3.05) is 19.0 Å². The molecule has 1 aromatic carbocycles. The first-order valence-corrected chi connectivity index (χ1v) is 10.2. The van der Waals surface area contributed by atoms with Gasteiger partial charge in [0, 0.05) is 25.3 Å². The fourth-order valence-corrected chi connectivity index (χ4v) is 3.74. The first kappa shape index (κ1) is 21.0. The van der Waals surface area contributed by atoms with Crippen molar-refractivity contribution < 1.29 is 0 Å². The van der Waals surface area contributed by atoms with E-state index >= 15 is 0 Å². The van der Waals surface area contributed by atoms with Gasteiger partial charge in [-0.3, -0.25) is 4.79 Å². The molecule has 1 aliphatic rings. The summed E-state index contributed by atoms with van der Waals surface area (Å²) in [6.45, 7) is 12.2. The molecule has 0 radical (unpaired) electrons. The standard InChI is InChI=1S/C23H31N5O/c1-9-10-18-19(13(2)3)25-22-21(16(6)26-28(22)23(18)29)24-20-14(4)11-17(27(7)8)12-15(20)5/h11-13H,9-10H2,1-8H3. The van der Waals surface area contributed by atoms with Crippen LogP contribution in [0.4, 0.5) is 11.4 Å². The second-order valence-corrected chi connectivity index (χ2v) is 8.29. The molecule has 0 saturated heterocycles. The fraction of sp³-hybridized carbons (Fsp3) is 0.478. The Morgan fingerprint density at radius 1 is 1.14 bits per heavy atom. The Kier molecular flexibility index (Phi) is 5.73. The number of fused-ring (bicyclic) bond motifs is 1. The van der Waals surface area contributed by atoms with Gasteiger partial charge in [0.15, 0.2) is 5.82 Å². The predicted molar refractivity (Wildman–Crippen MR) is 122 cm³/mol. The molecule has 29 heavy (non-hydrogen) atoms. The monoisotopic (exact) mass is 393 g/mol. The molecule has 0 N–H and O–H groups in total.